The minimum Gasteiger partial charge on any atom is -0.388 e. The van der Waals surface area contributed by atoms with Crippen molar-refractivity contribution in [3.05, 3.63) is 0 Å². The monoisotopic (exact) mass is 207 g/mol. The van der Waals surface area contributed by atoms with Gasteiger partial charge < -0.3 is 30.9 Å². The Bertz CT molecular complexity index is 179. The topological polar surface area (TPSA) is 116 Å². The van der Waals surface area contributed by atoms with Crippen LogP contribution >= 0.6 is 0 Å². The molecule has 1 aliphatic heterocycles. The summed E-state index contributed by atoms with van der Waals surface area (Å²) in [6.45, 7) is 0.446. The van der Waals surface area contributed by atoms with E-state index in [0.29, 0.717) is 19.4 Å². The molecule has 0 aromatic rings. The molecule has 1 heterocycles. The van der Waals surface area contributed by atoms with Gasteiger partial charge in [-0.3, -0.25) is 0 Å². The predicted molar refractivity (Wildman–Crippen MR) is 47.2 cm³/mol. The van der Waals surface area contributed by atoms with Crippen molar-refractivity contribution in [2.75, 3.05) is 6.54 Å². The Morgan fingerprint density at radius 1 is 1.00 bits per heavy atom. The fraction of sp³-hybridized carbons (Fsp3) is 1.00. The molecule has 0 bridgehead atoms. The van der Waals surface area contributed by atoms with E-state index in [9.17, 15) is 10.2 Å². The lowest BCUT2D eigenvalue weighted by Crippen LogP contribution is -2.57. The van der Waals surface area contributed by atoms with E-state index in [1.54, 1.807) is 0 Å². The van der Waals surface area contributed by atoms with Crippen LogP contribution in [0.4, 0.5) is 0 Å². The van der Waals surface area contributed by atoms with E-state index >= 15 is 0 Å². The van der Waals surface area contributed by atoms with Gasteiger partial charge in [-0.05, 0) is 19.4 Å². The third kappa shape index (κ3) is 2.41. The van der Waals surface area contributed by atoms with Gasteiger partial charge in [0.15, 0.2) is 6.29 Å². The summed E-state index contributed by atoms with van der Waals surface area (Å²) >= 11 is 0. The van der Waals surface area contributed by atoms with Crippen molar-refractivity contribution < 1.29 is 25.2 Å². The quantitative estimate of drug-likeness (QED) is 0.350. The van der Waals surface area contributed by atoms with E-state index in [1.807, 2.05) is 0 Å². The van der Waals surface area contributed by atoms with Gasteiger partial charge in [0.2, 0.25) is 0 Å². The Morgan fingerprint density at radius 3 is 2.21 bits per heavy atom. The van der Waals surface area contributed by atoms with Crippen LogP contribution in [0.1, 0.15) is 12.8 Å². The highest BCUT2D eigenvalue weighted by atomic mass is 16.6. The molecule has 0 spiro atoms. The van der Waals surface area contributed by atoms with Gasteiger partial charge >= 0.3 is 0 Å². The molecular weight excluding hydrogens is 190 g/mol. The zero-order valence-corrected chi connectivity index (χ0v) is 7.78. The Kier molecular flexibility index (Phi) is 4.24. The molecule has 84 valence electrons. The van der Waals surface area contributed by atoms with Gasteiger partial charge in [0.05, 0.1) is 6.10 Å². The maximum Gasteiger partial charge on any atom is 0.183 e. The minimum atomic E-state index is -1.46. The van der Waals surface area contributed by atoms with Crippen molar-refractivity contribution >= 4 is 0 Å². The van der Waals surface area contributed by atoms with Crippen LogP contribution in [0.15, 0.2) is 0 Å². The molecule has 6 heteroatoms. The molecule has 0 radical (unpaired) electrons. The van der Waals surface area contributed by atoms with Crippen LogP contribution in [0.3, 0.4) is 0 Å². The average molecular weight is 207 g/mol. The molecule has 0 aromatic heterocycles. The van der Waals surface area contributed by atoms with Gasteiger partial charge in [-0.15, -0.1) is 0 Å². The third-order valence-corrected chi connectivity index (χ3v) is 2.38. The van der Waals surface area contributed by atoms with Crippen molar-refractivity contribution in [2.24, 2.45) is 5.73 Å². The lowest BCUT2D eigenvalue weighted by molar-refractivity contribution is -0.282. The summed E-state index contributed by atoms with van der Waals surface area (Å²) < 4.78 is 4.92. The van der Waals surface area contributed by atoms with Gasteiger partial charge in [0.25, 0.3) is 0 Å². The molecule has 1 unspecified atom stereocenters. The van der Waals surface area contributed by atoms with Gasteiger partial charge in [-0.2, -0.15) is 0 Å². The van der Waals surface area contributed by atoms with Crippen molar-refractivity contribution in [1.29, 1.82) is 0 Å². The summed E-state index contributed by atoms with van der Waals surface area (Å²) in [4.78, 5) is 0. The predicted octanol–water partition coefficient (Wildman–Crippen LogP) is -2.47. The molecule has 5 atom stereocenters. The van der Waals surface area contributed by atoms with Gasteiger partial charge in [0.1, 0.15) is 18.3 Å². The van der Waals surface area contributed by atoms with Crippen molar-refractivity contribution in [3.63, 3.8) is 0 Å². The van der Waals surface area contributed by atoms with Crippen LogP contribution in [-0.2, 0) is 4.74 Å². The number of aliphatic hydroxyl groups excluding tert-OH is 4. The van der Waals surface area contributed by atoms with Crippen LogP contribution in [-0.4, -0.2) is 57.7 Å². The smallest absolute Gasteiger partial charge is 0.183 e. The van der Waals surface area contributed by atoms with E-state index in [1.165, 1.54) is 0 Å². The lowest BCUT2D eigenvalue weighted by atomic mass is 9.96. The van der Waals surface area contributed by atoms with Crippen LogP contribution in [0, 0.1) is 0 Å². The molecule has 1 aliphatic rings. The fourth-order valence-corrected chi connectivity index (χ4v) is 1.49. The Hall–Kier alpha value is -0.240. The Balaban J connectivity index is 2.52. The molecule has 1 fully saturated rings. The van der Waals surface area contributed by atoms with E-state index in [0.717, 1.165) is 0 Å². The zero-order chi connectivity index (χ0) is 10.7. The molecule has 1 saturated heterocycles. The van der Waals surface area contributed by atoms with E-state index < -0.39 is 30.7 Å². The first-order chi connectivity index (χ1) is 6.57. The van der Waals surface area contributed by atoms with E-state index in [-0.39, 0.29) is 0 Å². The number of nitrogens with two attached hydrogens (primary N) is 1. The second-order valence-corrected chi connectivity index (χ2v) is 3.47. The Labute approximate surface area is 81.9 Å². The number of hydrogen-bond acceptors (Lipinski definition) is 6. The number of ether oxygens (including phenoxy) is 1. The summed E-state index contributed by atoms with van der Waals surface area (Å²) in [5.41, 5.74) is 5.28. The standard InChI is InChI=1S/C8H17NO5/c9-3-1-2-4-5(10)6(11)7(12)8(13)14-4/h4-8,10-13H,1-3,9H2/t4-,5-,6+,7-,8?/m1/s1. The molecule has 0 aromatic carbocycles. The molecule has 14 heavy (non-hydrogen) atoms. The minimum absolute atomic E-state index is 0.443. The lowest BCUT2D eigenvalue weighted by Gasteiger charge is -2.38. The summed E-state index contributed by atoms with van der Waals surface area (Å²) in [6.07, 6.45) is -5.07. The van der Waals surface area contributed by atoms with E-state index in [4.69, 9.17) is 20.7 Å². The average Bonchev–Trinajstić information content (AvgIpc) is 2.18. The molecule has 0 aliphatic carbocycles. The van der Waals surface area contributed by atoms with Gasteiger partial charge in [0, 0.05) is 0 Å². The molecule has 1 rings (SSSR count). The number of aliphatic hydroxyl groups is 4. The number of hydrogen-bond donors (Lipinski definition) is 5. The molecule has 0 saturated carbocycles. The highest BCUT2D eigenvalue weighted by Gasteiger charge is 2.42. The highest BCUT2D eigenvalue weighted by Crippen LogP contribution is 2.22. The van der Waals surface area contributed by atoms with Crippen LogP contribution in [0.2, 0.25) is 0 Å². The summed E-state index contributed by atoms with van der Waals surface area (Å²) in [7, 11) is 0. The first-order valence-corrected chi connectivity index (χ1v) is 4.65. The molecular formula is C8H17NO5. The van der Waals surface area contributed by atoms with Crippen LogP contribution in [0.25, 0.3) is 0 Å². The summed E-state index contributed by atoms with van der Waals surface area (Å²) in [6, 6.07) is 0. The molecule has 0 amide bonds. The van der Waals surface area contributed by atoms with E-state index in [2.05, 4.69) is 0 Å². The zero-order valence-electron chi connectivity index (χ0n) is 7.78. The Morgan fingerprint density at radius 2 is 1.64 bits per heavy atom. The largest absolute Gasteiger partial charge is 0.388 e. The SMILES string of the molecule is NCCC[C@H]1OC(O)[C@H](O)[C@@H](O)[C@@H]1O. The fourth-order valence-electron chi connectivity index (χ4n) is 1.49. The van der Waals surface area contributed by atoms with Gasteiger partial charge in [-0.25, -0.2) is 0 Å². The van der Waals surface area contributed by atoms with Crippen LogP contribution in [0.5, 0.6) is 0 Å². The summed E-state index contributed by atoms with van der Waals surface area (Å²) in [5, 5.41) is 37.1. The second-order valence-electron chi connectivity index (χ2n) is 3.47. The first kappa shape index (κ1) is 11.8. The second kappa shape index (κ2) is 5.01. The summed E-state index contributed by atoms with van der Waals surface area (Å²) in [5.74, 6) is 0. The first-order valence-electron chi connectivity index (χ1n) is 4.65. The molecule has 6 N–H and O–H groups in total. The normalized spacial score (nSPS) is 43.9. The van der Waals surface area contributed by atoms with Crippen LogP contribution < -0.4 is 5.73 Å². The highest BCUT2D eigenvalue weighted by molar-refractivity contribution is 4.88. The van der Waals surface area contributed by atoms with Crippen molar-refractivity contribution in [1.82, 2.24) is 0 Å². The van der Waals surface area contributed by atoms with Crippen molar-refractivity contribution in [2.45, 2.75) is 43.5 Å². The maximum atomic E-state index is 9.47. The van der Waals surface area contributed by atoms with Crippen molar-refractivity contribution in [3.8, 4) is 0 Å². The molecule has 6 nitrogen and oxygen atoms in total. The third-order valence-electron chi connectivity index (χ3n) is 2.38. The van der Waals surface area contributed by atoms with Gasteiger partial charge in [-0.1, -0.05) is 0 Å². The maximum absolute atomic E-state index is 9.47. The number of rotatable bonds is 3.